The number of amides is 1. The number of aliphatic hydroxyl groups is 1. The molecule has 0 unspecified atom stereocenters. The second-order valence-electron chi connectivity index (χ2n) is 4.61. The maximum absolute atomic E-state index is 11.8. The van der Waals surface area contributed by atoms with E-state index in [1.54, 1.807) is 0 Å². The Morgan fingerprint density at radius 2 is 2.13 bits per heavy atom. The van der Waals surface area contributed by atoms with Crippen molar-refractivity contribution < 1.29 is 9.90 Å². The Morgan fingerprint density at radius 1 is 1.47 bits per heavy atom. The Bertz CT molecular complexity index is 235. The highest BCUT2D eigenvalue weighted by Crippen LogP contribution is 2.26. The lowest BCUT2D eigenvalue weighted by Crippen LogP contribution is -2.48. The molecule has 0 spiro atoms. The molecule has 4 nitrogen and oxygen atoms in total. The Balaban J connectivity index is 1.67. The Hall–Kier alpha value is -0.610. The molecule has 15 heavy (non-hydrogen) atoms. The molecule has 0 saturated heterocycles. The minimum absolute atomic E-state index is 0.150. The molecule has 86 valence electrons. The van der Waals surface area contributed by atoms with Crippen LogP contribution in [0.25, 0.3) is 0 Å². The summed E-state index contributed by atoms with van der Waals surface area (Å²) in [5.74, 6) is 0.210. The number of hydrogen-bond donors (Lipinski definition) is 2. The average Bonchev–Trinajstić information content (AvgIpc) is 2.96. The predicted molar refractivity (Wildman–Crippen MR) is 57.4 cm³/mol. The summed E-state index contributed by atoms with van der Waals surface area (Å²) in [5, 5.41) is 12.3. The molecule has 0 aromatic carbocycles. The SMILES string of the molecule is CCN(C(=O)CNC1CC(O)C1)C1CC1. The molecule has 2 N–H and O–H groups in total. The first-order valence-electron chi connectivity index (χ1n) is 5.91. The van der Waals surface area contributed by atoms with Crippen molar-refractivity contribution in [3.8, 4) is 0 Å². The molecule has 0 aromatic rings. The second kappa shape index (κ2) is 4.49. The molecular weight excluding hydrogens is 192 g/mol. The van der Waals surface area contributed by atoms with Crippen LogP contribution >= 0.6 is 0 Å². The zero-order valence-electron chi connectivity index (χ0n) is 9.28. The first kappa shape index (κ1) is 10.9. The lowest BCUT2D eigenvalue weighted by Gasteiger charge is -2.32. The van der Waals surface area contributed by atoms with Crippen LogP contribution in [-0.2, 0) is 4.79 Å². The number of aliphatic hydroxyl groups excluding tert-OH is 1. The van der Waals surface area contributed by atoms with Crippen LogP contribution in [-0.4, -0.2) is 47.2 Å². The van der Waals surface area contributed by atoms with E-state index in [4.69, 9.17) is 5.11 Å². The van der Waals surface area contributed by atoms with E-state index in [1.807, 2.05) is 11.8 Å². The van der Waals surface area contributed by atoms with Gasteiger partial charge in [0.1, 0.15) is 0 Å². The summed E-state index contributed by atoms with van der Waals surface area (Å²) in [6, 6.07) is 0.859. The van der Waals surface area contributed by atoms with E-state index in [0.717, 1.165) is 19.4 Å². The van der Waals surface area contributed by atoms with Gasteiger partial charge in [-0.15, -0.1) is 0 Å². The topological polar surface area (TPSA) is 52.6 Å². The fraction of sp³-hybridized carbons (Fsp3) is 0.909. The van der Waals surface area contributed by atoms with Gasteiger partial charge in [0.25, 0.3) is 0 Å². The number of rotatable bonds is 5. The fourth-order valence-corrected chi connectivity index (χ4v) is 2.11. The molecule has 0 radical (unpaired) electrons. The first-order chi connectivity index (χ1) is 7.20. The van der Waals surface area contributed by atoms with E-state index in [1.165, 1.54) is 12.8 Å². The van der Waals surface area contributed by atoms with Crippen LogP contribution in [0.3, 0.4) is 0 Å². The van der Waals surface area contributed by atoms with E-state index < -0.39 is 0 Å². The van der Waals surface area contributed by atoms with Gasteiger partial charge in [-0.3, -0.25) is 4.79 Å². The summed E-state index contributed by atoms with van der Waals surface area (Å²) >= 11 is 0. The lowest BCUT2D eigenvalue weighted by molar-refractivity contribution is -0.131. The fourth-order valence-electron chi connectivity index (χ4n) is 2.11. The molecule has 2 rings (SSSR count). The normalized spacial score (nSPS) is 29.7. The van der Waals surface area contributed by atoms with E-state index in [9.17, 15) is 4.79 Å². The Labute approximate surface area is 90.6 Å². The van der Waals surface area contributed by atoms with Gasteiger partial charge >= 0.3 is 0 Å². The van der Waals surface area contributed by atoms with Gasteiger partial charge in [-0.05, 0) is 32.6 Å². The Morgan fingerprint density at radius 3 is 2.60 bits per heavy atom. The molecule has 4 heteroatoms. The Kier molecular flexibility index (Phi) is 3.26. The quantitative estimate of drug-likeness (QED) is 0.680. The molecule has 0 atom stereocenters. The van der Waals surface area contributed by atoms with Crippen molar-refractivity contribution >= 4 is 5.91 Å². The number of nitrogens with zero attached hydrogens (tertiary/aromatic N) is 1. The van der Waals surface area contributed by atoms with Crippen LogP contribution in [0, 0.1) is 0 Å². The highest BCUT2D eigenvalue weighted by atomic mass is 16.3. The van der Waals surface area contributed by atoms with Crippen LogP contribution in [0.2, 0.25) is 0 Å². The standard InChI is InChI=1S/C11H20N2O2/c1-2-13(9-3-4-9)11(15)7-12-8-5-10(14)6-8/h8-10,12,14H,2-7H2,1H3. The predicted octanol–water partition coefficient (Wildman–Crippen LogP) is 0.110. The number of hydrogen-bond acceptors (Lipinski definition) is 3. The van der Waals surface area contributed by atoms with E-state index >= 15 is 0 Å². The summed E-state index contributed by atoms with van der Waals surface area (Å²) in [4.78, 5) is 13.7. The van der Waals surface area contributed by atoms with Crippen LogP contribution in [0.15, 0.2) is 0 Å². The number of carbonyl (C=O) groups excluding carboxylic acids is 1. The highest BCUT2D eigenvalue weighted by Gasteiger charge is 2.32. The van der Waals surface area contributed by atoms with Crippen LogP contribution in [0.4, 0.5) is 0 Å². The summed E-state index contributed by atoms with van der Waals surface area (Å²) in [6.07, 6.45) is 3.78. The van der Waals surface area contributed by atoms with Crippen molar-refractivity contribution in [2.45, 2.75) is 50.8 Å². The lowest BCUT2D eigenvalue weighted by atomic mass is 9.89. The summed E-state index contributed by atoms with van der Waals surface area (Å²) in [7, 11) is 0. The molecule has 0 aromatic heterocycles. The van der Waals surface area contributed by atoms with Gasteiger partial charge in [0, 0.05) is 18.6 Å². The molecule has 2 saturated carbocycles. The maximum Gasteiger partial charge on any atom is 0.236 e. The second-order valence-corrected chi connectivity index (χ2v) is 4.61. The van der Waals surface area contributed by atoms with E-state index in [2.05, 4.69) is 5.32 Å². The monoisotopic (exact) mass is 212 g/mol. The molecule has 2 aliphatic carbocycles. The summed E-state index contributed by atoms with van der Waals surface area (Å²) < 4.78 is 0. The minimum Gasteiger partial charge on any atom is -0.393 e. The summed E-state index contributed by atoms with van der Waals surface area (Å²) in [5.41, 5.74) is 0. The van der Waals surface area contributed by atoms with Gasteiger partial charge in [0.2, 0.25) is 5.91 Å². The van der Waals surface area contributed by atoms with Crippen molar-refractivity contribution in [2.24, 2.45) is 0 Å². The van der Waals surface area contributed by atoms with E-state index in [0.29, 0.717) is 18.6 Å². The number of likely N-dealkylation sites (N-methyl/N-ethyl adjacent to an activating group) is 1. The van der Waals surface area contributed by atoms with Crippen LogP contribution in [0.1, 0.15) is 32.6 Å². The minimum atomic E-state index is -0.150. The summed E-state index contributed by atoms with van der Waals surface area (Å²) in [6.45, 7) is 3.28. The molecule has 2 aliphatic rings. The number of nitrogens with one attached hydrogen (secondary N) is 1. The number of carbonyl (C=O) groups is 1. The van der Waals surface area contributed by atoms with Crippen molar-refractivity contribution in [1.82, 2.24) is 10.2 Å². The zero-order chi connectivity index (χ0) is 10.8. The van der Waals surface area contributed by atoms with Crippen molar-refractivity contribution in [3.05, 3.63) is 0 Å². The third kappa shape index (κ3) is 2.69. The van der Waals surface area contributed by atoms with Gasteiger partial charge in [-0.2, -0.15) is 0 Å². The van der Waals surface area contributed by atoms with E-state index in [-0.39, 0.29) is 12.0 Å². The van der Waals surface area contributed by atoms with Gasteiger partial charge in [0.15, 0.2) is 0 Å². The average molecular weight is 212 g/mol. The van der Waals surface area contributed by atoms with Crippen molar-refractivity contribution in [3.63, 3.8) is 0 Å². The van der Waals surface area contributed by atoms with Gasteiger partial charge in [-0.1, -0.05) is 0 Å². The van der Waals surface area contributed by atoms with Crippen molar-refractivity contribution in [1.29, 1.82) is 0 Å². The molecule has 0 heterocycles. The third-order valence-electron chi connectivity index (χ3n) is 3.30. The van der Waals surface area contributed by atoms with Gasteiger partial charge in [-0.25, -0.2) is 0 Å². The van der Waals surface area contributed by atoms with Gasteiger partial charge < -0.3 is 15.3 Å². The smallest absolute Gasteiger partial charge is 0.236 e. The van der Waals surface area contributed by atoms with Gasteiger partial charge in [0.05, 0.1) is 12.6 Å². The van der Waals surface area contributed by atoms with Crippen LogP contribution < -0.4 is 5.32 Å². The van der Waals surface area contributed by atoms with Crippen LogP contribution in [0.5, 0.6) is 0 Å². The maximum atomic E-state index is 11.8. The molecular formula is C11H20N2O2. The third-order valence-corrected chi connectivity index (χ3v) is 3.30. The molecule has 0 aliphatic heterocycles. The first-order valence-corrected chi connectivity index (χ1v) is 5.91. The van der Waals surface area contributed by atoms with Crippen molar-refractivity contribution in [2.75, 3.05) is 13.1 Å². The molecule has 2 fully saturated rings. The largest absolute Gasteiger partial charge is 0.393 e. The highest BCUT2D eigenvalue weighted by molar-refractivity contribution is 5.78. The molecule has 1 amide bonds. The zero-order valence-corrected chi connectivity index (χ0v) is 9.28. The molecule has 0 bridgehead atoms.